The Morgan fingerprint density at radius 3 is 2.55 bits per heavy atom. The standard InChI is InChI=1S/C38H54O2/c1-4-5-6-7-8-12-18-30-21-23-34-33-22-20-31-28-32(24-26-38(31,3)35(33)25-27-37(30,34)2)40-36(39)19-14-13-17-29-15-10-9-11-16-29/h9-11,13-17,19-20,30,32-35H,4-8,12,18,21-28H2,1-3H3/b17-13+,19-14+/t30-,32-,33-,34-,35-,37+,38-/m0/s1. The summed E-state index contributed by atoms with van der Waals surface area (Å²) in [7, 11) is 0. The van der Waals surface area contributed by atoms with E-state index >= 15 is 0 Å². The number of carbonyl (C=O) groups is 1. The Kier molecular flexibility index (Phi) is 9.75. The number of allylic oxidation sites excluding steroid dienone is 3. The monoisotopic (exact) mass is 542 g/mol. The average molecular weight is 543 g/mol. The molecule has 1 aromatic carbocycles. The molecule has 0 saturated heterocycles. The Labute approximate surface area is 244 Å². The van der Waals surface area contributed by atoms with Crippen LogP contribution < -0.4 is 0 Å². The number of unbranched alkanes of at least 4 members (excludes halogenated alkanes) is 5. The van der Waals surface area contributed by atoms with E-state index in [1.807, 2.05) is 30.4 Å². The van der Waals surface area contributed by atoms with Gasteiger partial charge in [0.25, 0.3) is 0 Å². The molecule has 2 heteroatoms. The van der Waals surface area contributed by atoms with E-state index in [9.17, 15) is 4.79 Å². The summed E-state index contributed by atoms with van der Waals surface area (Å²) in [6.07, 6.45) is 30.0. The maximum absolute atomic E-state index is 12.6. The van der Waals surface area contributed by atoms with Gasteiger partial charge in [0.05, 0.1) is 0 Å². The van der Waals surface area contributed by atoms with Gasteiger partial charge < -0.3 is 4.74 Å². The molecule has 5 rings (SSSR count). The lowest BCUT2D eigenvalue weighted by atomic mass is 9.47. The molecule has 0 aliphatic heterocycles. The summed E-state index contributed by atoms with van der Waals surface area (Å²) in [6.45, 7) is 7.56. The molecule has 0 amide bonds. The number of rotatable bonds is 11. The SMILES string of the molecule is CCCCCCCC[C@H]1CC[C@H]2[C@@H]3CC=C4C[C@@H](OC(=O)/C=C/C=C/c5ccccc5)CC[C@]4(C)[C@H]3CC[C@]12C. The molecule has 0 bridgehead atoms. The molecule has 0 aromatic heterocycles. The van der Waals surface area contributed by atoms with Crippen molar-refractivity contribution in [3.05, 3.63) is 65.8 Å². The summed E-state index contributed by atoms with van der Waals surface area (Å²) in [6, 6.07) is 10.2. The number of hydrogen-bond donors (Lipinski definition) is 0. The van der Waals surface area contributed by atoms with Crippen LogP contribution in [0.1, 0.15) is 123 Å². The van der Waals surface area contributed by atoms with Crippen LogP contribution in [0.15, 0.2) is 60.2 Å². The van der Waals surface area contributed by atoms with Crippen LogP contribution in [0.2, 0.25) is 0 Å². The molecular formula is C38H54O2. The number of carbonyl (C=O) groups excluding carboxylic acids is 1. The van der Waals surface area contributed by atoms with Crippen molar-refractivity contribution in [2.45, 2.75) is 123 Å². The van der Waals surface area contributed by atoms with E-state index in [4.69, 9.17) is 4.74 Å². The number of ether oxygens (including phenoxy) is 1. The Hall–Kier alpha value is -2.09. The minimum Gasteiger partial charge on any atom is -0.459 e. The summed E-state index contributed by atoms with van der Waals surface area (Å²) in [4.78, 5) is 12.6. The fourth-order valence-electron chi connectivity index (χ4n) is 9.55. The van der Waals surface area contributed by atoms with E-state index in [1.165, 1.54) is 83.5 Å². The van der Waals surface area contributed by atoms with Gasteiger partial charge in [-0.15, -0.1) is 0 Å². The van der Waals surface area contributed by atoms with Crippen molar-refractivity contribution >= 4 is 12.0 Å². The van der Waals surface area contributed by atoms with Crippen LogP contribution in [0.3, 0.4) is 0 Å². The van der Waals surface area contributed by atoms with Gasteiger partial charge in [-0.2, -0.15) is 0 Å². The molecule has 3 saturated carbocycles. The van der Waals surface area contributed by atoms with Crippen molar-refractivity contribution in [1.29, 1.82) is 0 Å². The molecule has 1 aromatic rings. The van der Waals surface area contributed by atoms with Gasteiger partial charge in [-0.1, -0.05) is 120 Å². The number of hydrogen-bond acceptors (Lipinski definition) is 2. The van der Waals surface area contributed by atoms with E-state index in [1.54, 1.807) is 17.7 Å². The second-order valence-corrected chi connectivity index (χ2v) is 14.1. The van der Waals surface area contributed by atoms with Crippen LogP contribution in [0.25, 0.3) is 6.08 Å². The van der Waals surface area contributed by atoms with Gasteiger partial charge in [0, 0.05) is 12.5 Å². The molecule has 3 fully saturated rings. The highest BCUT2D eigenvalue weighted by atomic mass is 16.5. The van der Waals surface area contributed by atoms with Crippen molar-refractivity contribution in [3.63, 3.8) is 0 Å². The lowest BCUT2D eigenvalue weighted by Crippen LogP contribution is -2.50. The van der Waals surface area contributed by atoms with E-state index in [2.05, 4.69) is 39.0 Å². The molecule has 40 heavy (non-hydrogen) atoms. The van der Waals surface area contributed by atoms with Gasteiger partial charge in [0.15, 0.2) is 0 Å². The van der Waals surface area contributed by atoms with Gasteiger partial charge in [0.1, 0.15) is 6.10 Å². The van der Waals surface area contributed by atoms with E-state index in [-0.39, 0.29) is 12.1 Å². The van der Waals surface area contributed by atoms with Crippen LogP contribution in [0.5, 0.6) is 0 Å². The summed E-state index contributed by atoms with van der Waals surface area (Å²) in [5.41, 5.74) is 3.60. The molecular weight excluding hydrogens is 488 g/mol. The lowest BCUT2D eigenvalue weighted by molar-refractivity contribution is -0.145. The van der Waals surface area contributed by atoms with E-state index in [0.717, 1.165) is 42.1 Å². The third-order valence-corrected chi connectivity index (χ3v) is 11.9. The second-order valence-electron chi connectivity index (χ2n) is 14.1. The van der Waals surface area contributed by atoms with Gasteiger partial charge in [-0.3, -0.25) is 0 Å². The average Bonchev–Trinajstić information content (AvgIpc) is 3.30. The van der Waals surface area contributed by atoms with Gasteiger partial charge >= 0.3 is 5.97 Å². The summed E-state index contributed by atoms with van der Waals surface area (Å²) >= 11 is 0. The van der Waals surface area contributed by atoms with Crippen LogP contribution >= 0.6 is 0 Å². The first kappa shape index (κ1) is 29.4. The van der Waals surface area contributed by atoms with Crippen molar-refractivity contribution in [1.82, 2.24) is 0 Å². The number of fused-ring (bicyclic) bond motifs is 5. The quantitative estimate of drug-likeness (QED) is 0.0914. The molecule has 0 heterocycles. The molecule has 2 nitrogen and oxygen atoms in total. The second kappa shape index (κ2) is 13.3. The summed E-state index contributed by atoms with van der Waals surface area (Å²) < 4.78 is 5.94. The molecule has 0 unspecified atom stereocenters. The molecule has 0 radical (unpaired) electrons. The van der Waals surface area contributed by atoms with Crippen molar-refractivity contribution in [2.75, 3.05) is 0 Å². The zero-order valence-electron chi connectivity index (χ0n) is 25.6. The zero-order valence-corrected chi connectivity index (χ0v) is 25.6. The predicted molar refractivity (Wildman–Crippen MR) is 168 cm³/mol. The van der Waals surface area contributed by atoms with E-state index in [0.29, 0.717) is 10.8 Å². The Morgan fingerprint density at radius 2 is 1.73 bits per heavy atom. The molecule has 0 spiro atoms. The predicted octanol–water partition coefficient (Wildman–Crippen LogP) is 10.5. The van der Waals surface area contributed by atoms with E-state index < -0.39 is 0 Å². The smallest absolute Gasteiger partial charge is 0.331 e. The minimum absolute atomic E-state index is 0.0215. The van der Waals surface area contributed by atoms with Gasteiger partial charge in [0.2, 0.25) is 0 Å². The van der Waals surface area contributed by atoms with Crippen LogP contribution in [0, 0.1) is 34.5 Å². The first-order chi connectivity index (χ1) is 19.4. The number of benzene rings is 1. The highest BCUT2D eigenvalue weighted by Crippen LogP contribution is 2.66. The third-order valence-electron chi connectivity index (χ3n) is 11.9. The molecule has 4 aliphatic rings. The molecule has 7 atom stereocenters. The fourth-order valence-corrected chi connectivity index (χ4v) is 9.55. The first-order valence-electron chi connectivity index (χ1n) is 16.7. The fraction of sp³-hybridized carbons (Fsp3) is 0.658. The van der Waals surface area contributed by atoms with Gasteiger partial charge in [-0.25, -0.2) is 4.79 Å². The van der Waals surface area contributed by atoms with Crippen molar-refractivity contribution in [3.8, 4) is 0 Å². The highest BCUT2D eigenvalue weighted by molar-refractivity contribution is 5.82. The minimum atomic E-state index is -0.212. The lowest BCUT2D eigenvalue weighted by Gasteiger charge is -2.58. The van der Waals surface area contributed by atoms with Crippen LogP contribution in [-0.2, 0) is 9.53 Å². The number of esters is 1. The largest absolute Gasteiger partial charge is 0.459 e. The first-order valence-corrected chi connectivity index (χ1v) is 16.7. The van der Waals surface area contributed by atoms with Crippen LogP contribution in [-0.4, -0.2) is 12.1 Å². The highest BCUT2D eigenvalue weighted by Gasteiger charge is 2.58. The summed E-state index contributed by atoms with van der Waals surface area (Å²) in [5.74, 6) is 3.33. The zero-order chi connectivity index (χ0) is 28.0. The topological polar surface area (TPSA) is 26.3 Å². The third kappa shape index (κ3) is 6.37. The Balaban J connectivity index is 1.14. The summed E-state index contributed by atoms with van der Waals surface area (Å²) in [5, 5.41) is 0. The molecule has 218 valence electrons. The van der Waals surface area contributed by atoms with Crippen molar-refractivity contribution in [2.24, 2.45) is 34.5 Å². The van der Waals surface area contributed by atoms with Gasteiger partial charge in [-0.05, 0) is 91.4 Å². The Bertz CT molecular complexity index is 1070. The maximum Gasteiger partial charge on any atom is 0.331 e. The van der Waals surface area contributed by atoms with Crippen molar-refractivity contribution < 1.29 is 9.53 Å². The molecule has 4 aliphatic carbocycles. The molecule has 0 N–H and O–H groups in total. The Morgan fingerprint density at radius 1 is 0.925 bits per heavy atom. The normalized spacial score (nSPS) is 35.3. The maximum atomic E-state index is 12.6. The van der Waals surface area contributed by atoms with Crippen LogP contribution in [0.4, 0.5) is 0 Å².